The summed E-state index contributed by atoms with van der Waals surface area (Å²) in [6.45, 7) is 1.54. The van der Waals surface area contributed by atoms with Crippen molar-refractivity contribution in [2.24, 2.45) is 5.92 Å². The first-order valence-corrected chi connectivity index (χ1v) is 13.6. The minimum Gasteiger partial charge on any atom is -0.326 e. The molecule has 1 aliphatic carbocycles. The van der Waals surface area contributed by atoms with Crippen LogP contribution in [0.5, 0.6) is 0 Å². The van der Waals surface area contributed by atoms with Crippen LogP contribution in [0.25, 0.3) is 22.0 Å². The number of pyridine rings is 1. The molecule has 1 aliphatic rings. The molecule has 182 valence electrons. The molecule has 0 saturated heterocycles. The smallest absolute Gasteiger partial charge is 0.316 e. The van der Waals surface area contributed by atoms with Crippen molar-refractivity contribution in [3.63, 3.8) is 0 Å². The summed E-state index contributed by atoms with van der Waals surface area (Å²) >= 11 is 0. The fourth-order valence-corrected chi connectivity index (χ4v) is 5.28. The summed E-state index contributed by atoms with van der Waals surface area (Å²) in [5.74, 6) is 0.625. The highest BCUT2D eigenvalue weighted by atomic mass is 31.1. The third kappa shape index (κ3) is 6.73. The average Bonchev–Trinajstić information content (AvgIpc) is 2.86. The van der Waals surface area contributed by atoms with Gasteiger partial charge in [-0.3, -0.25) is 9.55 Å². The van der Waals surface area contributed by atoms with Gasteiger partial charge in [-0.2, -0.15) is 0 Å². The van der Waals surface area contributed by atoms with E-state index in [-0.39, 0.29) is 12.4 Å². The van der Waals surface area contributed by atoms with E-state index in [2.05, 4.69) is 10.3 Å². The number of fused-ring (bicyclic) bond motifs is 1. The van der Waals surface area contributed by atoms with Gasteiger partial charge in [0.15, 0.2) is 0 Å². The number of halogens is 1. The van der Waals surface area contributed by atoms with E-state index >= 15 is 4.39 Å². The van der Waals surface area contributed by atoms with Crippen molar-refractivity contribution in [1.29, 1.82) is 0 Å². The van der Waals surface area contributed by atoms with Gasteiger partial charge in [-0.1, -0.05) is 62.4 Å². The number of nitrogens with zero attached hydrogens (tertiary/aromatic N) is 1. The van der Waals surface area contributed by atoms with Gasteiger partial charge in [-0.25, -0.2) is 4.39 Å². The maximum Gasteiger partial charge on any atom is 0.316 e. The normalized spacial score (nSPS) is 15.6. The van der Waals surface area contributed by atoms with E-state index in [1.807, 2.05) is 36.4 Å². The Morgan fingerprint density at radius 2 is 1.94 bits per heavy atom. The van der Waals surface area contributed by atoms with E-state index in [0.29, 0.717) is 19.5 Å². The van der Waals surface area contributed by atoms with Gasteiger partial charge in [0.2, 0.25) is 0 Å². The quantitative estimate of drug-likeness (QED) is 0.242. The van der Waals surface area contributed by atoms with Crippen LogP contribution in [-0.2, 0) is 22.1 Å². The van der Waals surface area contributed by atoms with Gasteiger partial charge >= 0.3 is 8.25 Å². The Morgan fingerprint density at radius 1 is 1.12 bits per heavy atom. The topological polar surface area (TPSA) is 71.5 Å². The van der Waals surface area contributed by atoms with Crippen molar-refractivity contribution in [2.75, 3.05) is 13.2 Å². The van der Waals surface area contributed by atoms with E-state index in [1.54, 1.807) is 12.3 Å². The molecule has 5 nitrogen and oxygen atoms in total. The van der Waals surface area contributed by atoms with Gasteiger partial charge in [0.05, 0.1) is 12.1 Å². The summed E-state index contributed by atoms with van der Waals surface area (Å²) in [7, 11) is -2.86. The van der Waals surface area contributed by atoms with Gasteiger partial charge in [0, 0.05) is 18.1 Å². The molecule has 7 heteroatoms. The van der Waals surface area contributed by atoms with Crippen LogP contribution in [0.3, 0.4) is 0 Å². The molecule has 34 heavy (non-hydrogen) atoms. The summed E-state index contributed by atoms with van der Waals surface area (Å²) in [6.07, 6.45) is 10.9. The number of benzene rings is 2. The molecule has 1 saturated carbocycles. The zero-order valence-electron chi connectivity index (χ0n) is 19.6. The molecular weight excluding hydrogens is 450 g/mol. The van der Waals surface area contributed by atoms with Gasteiger partial charge in [0.1, 0.15) is 5.82 Å². The van der Waals surface area contributed by atoms with Crippen LogP contribution in [0.2, 0.25) is 0 Å². The summed E-state index contributed by atoms with van der Waals surface area (Å²) < 4.78 is 30.3. The zero-order valence-corrected chi connectivity index (χ0v) is 20.6. The van der Waals surface area contributed by atoms with Crippen molar-refractivity contribution in [3.05, 3.63) is 65.6 Å². The SMILES string of the molecule is O=[PH](O)OCCCNCc1ccc(-c2ccc(CCC3CCCCC3)c(F)c2)c2cccnc12. The lowest BCUT2D eigenvalue weighted by atomic mass is 9.85. The first-order valence-electron chi connectivity index (χ1n) is 12.3. The molecule has 3 aromatic rings. The maximum atomic E-state index is 15.0. The van der Waals surface area contributed by atoms with E-state index < -0.39 is 8.25 Å². The van der Waals surface area contributed by atoms with Crippen LogP contribution in [0.15, 0.2) is 48.7 Å². The molecule has 1 heterocycles. The maximum absolute atomic E-state index is 15.0. The van der Waals surface area contributed by atoms with E-state index in [4.69, 9.17) is 9.42 Å². The summed E-state index contributed by atoms with van der Waals surface area (Å²) in [4.78, 5) is 13.3. The number of rotatable bonds is 11. The average molecular weight is 485 g/mol. The monoisotopic (exact) mass is 484 g/mol. The van der Waals surface area contributed by atoms with Gasteiger partial charge in [-0.05, 0) is 66.1 Å². The van der Waals surface area contributed by atoms with Gasteiger partial charge in [0.25, 0.3) is 0 Å². The van der Waals surface area contributed by atoms with Crippen molar-refractivity contribution in [1.82, 2.24) is 10.3 Å². The van der Waals surface area contributed by atoms with E-state index in [1.165, 1.54) is 32.1 Å². The van der Waals surface area contributed by atoms with Crippen molar-refractivity contribution in [3.8, 4) is 11.1 Å². The van der Waals surface area contributed by atoms with Crippen molar-refractivity contribution >= 4 is 19.2 Å². The highest BCUT2D eigenvalue weighted by Crippen LogP contribution is 2.32. The Morgan fingerprint density at radius 3 is 2.74 bits per heavy atom. The Kier molecular flexibility index (Phi) is 9.23. The Bertz CT molecular complexity index is 1120. The van der Waals surface area contributed by atoms with E-state index in [9.17, 15) is 4.57 Å². The second kappa shape index (κ2) is 12.6. The molecule has 1 aromatic heterocycles. The Balaban J connectivity index is 1.45. The van der Waals surface area contributed by atoms with Crippen LogP contribution in [0, 0.1) is 11.7 Å². The Hall–Kier alpha value is -2.11. The number of nitrogens with one attached hydrogen (secondary N) is 1. The second-order valence-corrected chi connectivity index (χ2v) is 9.99. The largest absolute Gasteiger partial charge is 0.326 e. The molecule has 1 atom stereocenters. The first kappa shape index (κ1) is 25.0. The molecule has 0 bridgehead atoms. The van der Waals surface area contributed by atoms with Crippen molar-refractivity contribution < 1.29 is 18.4 Å². The van der Waals surface area contributed by atoms with Crippen LogP contribution in [0.4, 0.5) is 4.39 Å². The second-order valence-electron chi connectivity index (χ2n) is 9.17. The van der Waals surface area contributed by atoms with Gasteiger partial charge in [-0.15, -0.1) is 0 Å². The molecular formula is C27H34FN2O3P. The van der Waals surface area contributed by atoms with Crippen LogP contribution >= 0.6 is 8.25 Å². The molecule has 1 unspecified atom stereocenters. The highest BCUT2D eigenvalue weighted by Gasteiger charge is 2.15. The minimum atomic E-state index is -2.86. The molecule has 0 aliphatic heterocycles. The van der Waals surface area contributed by atoms with E-state index in [0.717, 1.165) is 51.9 Å². The highest BCUT2D eigenvalue weighted by molar-refractivity contribution is 7.32. The molecule has 2 aromatic carbocycles. The molecule has 0 amide bonds. The predicted octanol–water partition coefficient (Wildman–Crippen LogP) is 6.43. The van der Waals surface area contributed by atoms with Gasteiger partial charge < -0.3 is 14.7 Å². The lowest BCUT2D eigenvalue weighted by molar-refractivity contribution is 0.276. The minimum absolute atomic E-state index is 0.122. The number of hydrogen-bond donors (Lipinski definition) is 2. The summed E-state index contributed by atoms with van der Waals surface area (Å²) in [5.41, 5.74) is 4.61. The number of hydrogen-bond acceptors (Lipinski definition) is 4. The predicted molar refractivity (Wildman–Crippen MR) is 136 cm³/mol. The third-order valence-corrected chi connectivity index (χ3v) is 7.25. The van der Waals surface area contributed by atoms with Crippen molar-refractivity contribution in [2.45, 2.75) is 57.9 Å². The molecule has 2 N–H and O–H groups in total. The molecule has 4 rings (SSSR count). The number of aromatic nitrogens is 1. The molecule has 1 fully saturated rings. The summed E-state index contributed by atoms with van der Waals surface area (Å²) in [5, 5.41) is 4.33. The fourth-order valence-electron chi connectivity index (χ4n) is 4.96. The fraction of sp³-hybridized carbons (Fsp3) is 0.444. The Labute approximate surface area is 201 Å². The zero-order chi connectivity index (χ0) is 23.8. The van der Waals surface area contributed by atoms with Crippen LogP contribution < -0.4 is 5.32 Å². The number of aryl methyl sites for hydroxylation is 1. The van der Waals surface area contributed by atoms with Crippen LogP contribution in [-0.4, -0.2) is 23.0 Å². The first-order chi connectivity index (χ1) is 16.6. The van der Waals surface area contributed by atoms with Crippen LogP contribution in [0.1, 0.15) is 56.1 Å². The lowest BCUT2D eigenvalue weighted by Crippen LogP contribution is -2.16. The molecule has 0 spiro atoms. The lowest BCUT2D eigenvalue weighted by Gasteiger charge is -2.21. The molecule has 0 radical (unpaired) electrons. The summed E-state index contributed by atoms with van der Waals surface area (Å²) in [6, 6.07) is 13.7. The standard InChI is InChI=1S/C27H34FN2O3P/c28-26-18-22(12-11-21(26)10-9-20-6-2-1-3-7-20)24-14-13-23(27-25(24)8-4-16-30-27)19-29-15-5-17-33-34(31)32/h4,8,11-14,16,18,20,29,34H,1-3,5-7,9-10,15,17,19H2,(H,31,32). The third-order valence-electron chi connectivity index (χ3n) is 6.80.